The lowest BCUT2D eigenvalue weighted by Crippen LogP contribution is -2.35. The van der Waals surface area contributed by atoms with Crippen LogP contribution in [0.3, 0.4) is 0 Å². The Morgan fingerprint density at radius 2 is 2.16 bits per heavy atom. The van der Waals surface area contributed by atoms with Crippen LogP contribution < -0.4 is 5.32 Å². The van der Waals surface area contributed by atoms with Gasteiger partial charge in [0.05, 0.1) is 11.2 Å². The molecule has 0 aliphatic carbocycles. The van der Waals surface area contributed by atoms with E-state index >= 15 is 0 Å². The van der Waals surface area contributed by atoms with Crippen molar-refractivity contribution in [2.75, 3.05) is 5.32 Å². The summed E-state index contributed by atoms with van der Waals surface area (Å²) in [6, 6.07) is 4.79. The number of aliphatic carboxylic acids is 1. The van der Waals surface area contributed by atoms with Crippen LogP contribution in [0.1, 0.15) is 20.3 Å². The normalized spacial score (nSPS) is 14.0. The van der Waals surface area contributed by atoms with Gasteiger partial charge in [-0.05, 0) is 24.1 Å². The Kier molecular flexibility index (Phi) is 3.94. The van der Waals surface area contributed by atoms with Crippen molar-refractivity contribution in [1.29, 1.82) is 0 Å². The van der Waals surface area contributed by atoms with E-state index in [4.69, 9.17) is 0 Å². The molecule has 2 rings (SSSR count). The molecule has 5 nitrogen and oxygen atoms in total. The third kappa shape index (κ3) is 2.81. The molecule has 0 saturated heterocycles. The van der Waals surface area contributed by atoms with Gasteiger partial charge in [-0.2, -0.15) is 0 Å². The maximum atomic E-state index is 11.3. The summed E-state index contributed by atoms with van der Waals surface area (Å²) in [6.07, 6.45) is 4.12. The molecule has 0 bridgehead atoms. The number of nitrogens with one attached hydrogen (secondary N) is 1. The number of nitrogens with zero attached hydrogens (tertiary/aromatic N) is 2. The first-order valence-corrected chi connectivity index (χ1v) is 6.32. The molecule has 2 aromatic heterocycles. The summed E-state index contributed by atoms with van der Waals surface area (Å²) in [7, 11) is 0. The summed E-state index contributed by atoms with van der Waals surface area (Å²) in [6.45, 7) is 3.90. The van der Waals surface area contributed by atoms with E-state index < -0.39 is 12.0 Å². The molecule has 0 aliphatic heterocycles. The van der Waals surface area contributed by atoms with Crippen LogP contribution in [0.4, 0.5) is 5.69 Å². The molecule has 2 N–H and O–H groups in total. The fourth-order valence-corrected chi connectivity index (χ4v) is 1.95. The molecule has 0 spiro atoms. The van der Waals surface area contributed by atoms with E-state index in [2.05, 4.69) is 15.3 Å². The molecule has 0 fully saturated rings. The highest BCUT2D eigenvalue weighted by Gasteiger charge is 2.23. The van der Waals surface area contributed by atoms with Crippen LogP contribution in [0.5, 0.6) is 0 Å². The first-order chi connectivity index (χ1) is 9.13. The van der Waals surface area contributed by atoms with E-state index in [9.17, 15) is 9.90 Å². The van der Waals surface area contributed by atoms with Crippen molar-refractivity contribution in [2.24, 2.45) is 5.92 Å². The highest BCUT2D eigenvalue weighted by molar-refractivity contribution is 5.89. The van der Waals surface area contributed by atoms with E-state index in [1.165, 1.54) is 0 Å². The molecule has 0 aromatic carbocycles. The number of aromatic nitrogens is 2. The quantitative estimate of drug-likeness (QED) is 0.863. The summed E-state index contributed by atoms with van der Waals surface area (Å²) >= 11 is 0. The molecule has 2 aromatic rings. The second-order valence-corrected chi connectivity index (χ2v) is 4.58. The minimum atomic E-state index is -0.852. The number of hydrogen-bond acceptors (Lipinski definition) is 4. The Balaban J connectivity index is 2.36. The van der Waals surface area contributed by atoms with E-state index in [0.29, 0.717) is 11.2 Å². The molecule has 0 saturated carbocycles. The molecule has 2 atom stereocenters. The van der Waals surface area contributed by atoms with E-state index in [1.54, 1.807) is 18.5 Å². The Morgan fingerprint density at radius 3 is 2.84 bits per heavy atom. The zero-order valence-corrected chi connectivity index (χ0v) is 11.0. The molecule has 19 heavy (non-hydrogen) atoms. The van der Waals surface area contributed by atoms with Crippen molar-refractivity contribution < 1.29 is 9.90 Å². The Labute approximate surface area is 111 Å². The average Bonchev–Trinajstić information content (AvgIpc) is 2.43. The fourth-order valence-electron chi connectivity index (χ4n) is 1.95. The molecule has 0 radical (unpaired) electrons. The van der Waals surface area contributed by atoms with Crippen LogP contribution in [-0.2, 0) is 4.79 Å². The highest BCUT2D eigenvalue weighted by Crippen LogP contribution is 2.21. The van der Waals surface area contributed by atoms with Crippen LogP contribution in [0, 0.1) is 5.92 Å². The summed E-state index contributed by atoms with van der Waals surface area (Å²) in [5.41, 5.74) is 2.15. The Bertz CT molecular complexity index is 580. The lowest BCUT2D eigenvalue weighted by molar-refractivity contribution is -0.139. The maximum absolute atomic E-state index is 11.3. The third-order valence-corrected chi connectivity index (χ3v) is 3.29. The van der Waals surface area contributed by atoms with Gasteiger partial charge in [-0.25, -0.2) is 4.79 Å². The van der Waals surface area contributed by atoms with Gasteiger partial charge < -0.3 is 10.4 Å². The minimum absolute atomic E-state index is 0.0319. The molecule has 5 heteroatoms. The van der Waals surface area contributed by atoms with E-state index in [-0.39, 0.29) is 5.92 Å². The van der Waals surface area contributed by atoms with Gasteiger partial charge in [0.2, 0.25) is 0 Å². The molecule has 0 aliphatic rings. The highest BCUT2D eigenvalue weighted by atomic mass is 16.4. The summed E-state index contributed by atoms with van der Waals surface area (Å²) in [5.74, 6) is -0.820. The summed E-state index contributed by atoms with van der Waals surface area (Å²) in [5, 5.41) is 12.4. The van der Waals surface area contributed by atoms with Crippen LogP contribution >= 0.6 is 0 Å². The van der Waals surface area contributed by atoms with Crippen LogP contribution in [0.2, 0.25) is 0 Å². The molecule has 0 amide bonds. The van der Waals surface area contributed by atoms with Crippen molar-refractivity contribution in [2.45, 2.75) is 26.3 Å². The molecule has 100 valence electrons. The number of carboxylic acid groups (broad SMARTS) is 1. The molecule has 2 heterocycles. The SMILES string of the molecule is CC[C@H](C)[C@H](Nc1ccnc2cccnc12)C(=O)O. The van der Waals surface area contributed by atoms with Gasteiger partial charge in [0, 0.05) is 12.4 Å². The summed E-state index contributed by atoms with van der Waals surface area (Å²) in [4.78, 5) is 19.8. The predicted octanol–water partition coefficient (Wildman–Crippen LogP) is 2.54. The Morgan fingerprint density at radius 1 is 1.37 bits per heavy atom. The molecule has 0 unspecified atom stereocenters. The van der Waals surface area contributed by atoms with Crippen LogP contribution in [-0.4, -0.2) is 27.1 Å². The monoisotopic (exact) mass is 259 g/mol. The van der Waals surface area contributed by atoms with E-state index in [1.807, 2.05) is 26.0 Å². The summed E-state index contributed by atoms with van der Waals surface area (Å²) < 4.78 is 0. The van der Waals surface area contributed by atoms with Crippen LogP contribution in [0.15, 0.2) is 30.6 Å². The molecular weight excluding hydrogens is 242 g/mol. The number of fused-ring (bicyclic) bond motifs is 1. The number of pyridine rings is 2. The molecular formula is C14H17N3O2. The standard InChI is InChI=1S/C14H17N3O2/c1-3-9(2)12(14(18)19)17-11-6-8-15-10-5-4-7-16-13(10)11/h4-9,12H,3H2,1-2H3,(H,15,17)(H,18,19)/t9-,12-/m0/s1. The number of anilines is 1. The zero-order chi connectivity index (χ0) is 13.8. The number of hydrogen-bond donors (Lipinski definition) is 2. The lowest BCUT2D eigenvalue weighted by Gasteiger charge is -2.21. The largest absolute Gasteiger partial charge is 0.480 e. The average molecular weight is 259 g/mol. The minimum Gasteiger partial charge on any atom is -0.480 e. The third-order valence-electron chi connectivity index (χ3n) is 3.29. The van der Waals surface area contributed by atoms with Gasteiger partial charge in [0.1, 0.15) is 11.6 Å². The van der Waals surface area contributed by atoms with Gasteiger partial charge in [0.15, 0.2) is 0 Å². The van der Waals surface area contributed by atoms with Crippen molar-refractivity contribution in [1.82, 2.24) is 9.97 Å². The van der Waals surface area contributed by atoms with Crippen molar-refractivity contribution in [3.8, 4) is 0 Å². The van der Waals surface area contributed by atoms with Gasteiger partial charge in [-0.15, -0.1) is 0 Å². The fraction of sp³-hybridized carbons (Fsp3) is 0.357. The Hall–Kier alpha value is -2.17. The predicted molar refractivity (Wildman–Crippen MR) is 74.0 cm³/mol. The number of rotatable bonds is 5. The zero-order valence-electron chi connectivity index (χ0n) is 11.0. The second kappa shape index (κ2) is 5.65. The van der Waals surface area contributed by atoms with Crippen molar-refractivity contribution in [3.05, 3.63) is 30.6 Å². The smallest absolute Gasteiger partial charge is 0.326 e. The van der Waals surface area contributed by atoms with Crippen molar-refractivity contribution in [3.63, 3.8) is 0 Å². The number of carboxylic acids is 1. The van der Waals surface area contributed by atoms with Gasteiger partial charge >= 0.3 is 5.97 Å². The number of carbonyl (C=O) groups is 1. The van der Waals surface area contributed by atoms with E-state index in [0.717, 1.165) is 11.9 Å². The van der Waals surface area contributed by atoms with Gasteiger partial charge in [-0.1, -0.05) is 20.3 Å². The first kappa shape index (κ1) is 13.3. The van der Waals surface area contributed by atoms with Gasteiger partial charge in [-0.3, -0.25) is 9.97 Å². The van der Waals surface area contributed by atoms with Gasteiger partial charge in [0.25, 0.3) is 0 Å². The van der Waals surface area contributed by atoms with Crippen LogP contribution in [0.25, 0.3) is 11.0 Å². The van der Waals surface area contributed by atoms with Crippen molar-refractivity contribution >= 4 is 22.7 Å². The maximum Gasteiger partial charge on any atom is 0.326 e. The topological polar surface area (TPSA) is 75.1 Å². The lowest BCUT2D eigenvalue weighted by atomic mass is 9.99. The first-order valence-electron chi connectivity index (χ1n) is 6.32. The second-order valence-electron chi connectivity index (χ2n) is 4.58.